The topological polar surface area (TPSA) is 79.3 Å². The molecule has 6 heteroatoms. The number of rotatable bonds is 4. The van der Waals surface area contributed by atoms with E-state index in [-0.39, 0.29) is 16.6 Å². The standard InChI is InChI=1S/C8H8N2O3S/c1-2-3-9-6(11)7-10-5(4-14-7)8(12)13/h2,4H,1,3H2,(H,9,11)(H,12,13). The van der Waals surface area contributed by atoms with Crippen LogP contribution in [-0.4, -0.2) is 28.5 Å². The number of carbonyl (C=O) groups is 2. The van der Waals surface area contributed by atoms with E-state index in [2.05, 4.69) is 16.9 Å². The average Bonchev–Trinajstić information content (AvgIpc) is 2.62. The summed E-state index contributed by atoms with van der Waals surface area (Å²) >= 11 is 0.998. The summed E-state index contributed by atoms with van der Waals surface area (Å²) in [7, 11) is 0. The molecule has 0 aromatic carbocycles. The number of carboxylic acids is 1. The Labute approximate surface area is 84.1 Å². The van der Waals surface area contributed by atoms with E-state index in [4.69, 9.17) is 5.11 Å². The maximum Gasteiger partial charge on any atom is 0.355 e. The lowest BCUT2D eigenvalue weighted by Gasteiger charge is -1.96. The van der Waals surface area contributed by atoms with Gasteiger partial charge in [0.05, 0.1) is 0 Å². The van der Waals surface area contributed by atoms with Gasteiger partial charge in [0, 0.05) is 11.9 Å². The minimum atomic E-state index is -1.14. The third kappa shape index (κ3) is 2.40. The van der Waals surface area contributed by atoms with Gasteiger partial charge in [-0.2, -0.15) is 0 Å². The van der Waals surface area contributed by atoms with Gasteiger partial charge in [0.2, 0.25) is 0 Å². The van der Waals surface area contributed by atoms with Crippen LogP contribution in [0.4, 0.5) is 0 Å². The van der Waals surface area contributed by atoms with Gasteiger partial charge >= 0.3 is 5.97 Å². The summed E-state index contributed by atoms with van der Waals surface area (Å²) in [6, 6.07) is 0. The monoisotopic (exact) mass is 212 g/mol. The Hall–Kier alpha value is -1.69. The molecule has 1 aromatic rings. The fraction of sp³-hybridized carbons (Fsp3) is 0.125. The van der Waals surface area contributed by atoms with Gasteiger partial charge in [-0.15, -0.1) is 17.9 Å². The summed E-state index contributed by atoms with van der Waals surface area (Å²) in [5.74, 6) is -1.52. The van der Waals surface area contributed by atoms with Crippen molar-refractivity contribution in [1.29, 1.82) is 0 Å². The lowest BCUT2D eigenvalue weighted by Crippen LogP contribution is -2.23. The summed E-state index contributed by atoms with van der Waals surface area (Å²) < 4.78 is 0. The SMILES string of the molecule is C=CCNC(=O)c1nc(C(=O)O)cs1. The Morgan fingerprint density at radius 3 is 2.93 bits per heavy atom. The number of thiazole rings is 1. The van der Waals surface area contributed by atoms with E-state index in [9.17, 15) is 9.59 Å². The molecule has 0 spiro atoms. The molecule has 1 rings (SSSR count). The maximum absolute atomic E-state index is 11.2. The first-order chi connectivity index (χ1) is 6.65. The van der Waals surface area contributed by atoms with Crippen LogP contribution >= 0.6 is 11.3 Å². The van der Waals surface area contributed by atoms with Crippen LogP contribution < -0.4 is 5.32 Å². The summed E-state index contributed by atoms with van der Waals surface area (Å²) in [4.78, 5) is 25.3. The lowest BCUT2D eigenvalue weighted by molar-refractivity contribution is 0.0691. The molecule has 0 saturated carbocycles. The van der Waals surface area contributed by atoms with Crippen LogP contribution in [0.3, 0.4) is 0 Å². The molecule has 0 aliphatic rings. The van der Waals surface area contributed by atoms with E-state index in [1.165, 1.54) is 11.5 Å². The van der Waals surface area contributed by atoms with E-state index in [0.717, 1.165) is 11.3 Å². The normalized spacial score (nSPS) is 9.43. The van der Waals surface area contributed by atoms with Gasteiger partial charge in [-0.1, -0.05) is 6.08 Å². The van der Waals surface area contributed by atoms with Crippen LogP contribution in [0.2, 0.25) is 0 Å². The molecule has 5 nitrogen and oxygen atoms in total. The molecule has 1 amide bonds. The Balaban J connectivity index is 2.71. The first-order valence-electron chi connectivity index (χ1n) is 3.73. The summed E-state index contributed by atoms with van der Waals surface area (Å²) in [6.45, 7) is 3.77. The van der Waals surface area contributed by atoms with Crippen molar-refractivity contribution in [2.24, 2.45) is 0 Å². The Morgan fingerprint density at radius 2 is 2.43 bits per heavy atom. The summed E-state index contributed by atoms with van der Waals surface area (Å²) in [5.41, 5.74) is -0.112. The van der Waals surface area contributed by atoms with Crippen molar-refractivity contribution in [3.05, 3.63) is 28.7 Å². The average molecular weight is 212 g/mol. The number of carbonyl (C=O) groups excluding carboxylic acids is 1. The highest BCUT2D eigenvalue weighted by Crippen LogP contribution is 2.09. The van der Waals surface area contributed by atoms with Crippen molar-refractivity contribution in [3.63, 3.8) is 0 Å². The first kappa shape index (κ1) is 10.4. The van der Waals surface area contributed by atoms with Crippen LogP contribution in [0, 0.1) is 0 Å². The zero-order valence-electron chi connectivity index (χ0n) is 7.19. The number of hydrogen-bond acceptors (Lipinski definition) is 4. The van der Waals surface area contributed by atoms with Crippen LogP contribution in [0.5, 0.6) is 0 Å². The van der Waals surface area contributed by atoms with Gasteiger partial charge in [-0.3, -0.25) is 4.79 Å². The number of carboxylic acid groups (broad SMARTS) is 1. The van der Waals surface area contributed by atoms with E-state index >= 15 is 0 Å². The molecular formula is C8H8N2O3S. The Bertz CT molecular complexity index is 372. The van der Waals surface area contributed by atoms with Gasteiger partial charge in [-0.05, 0) is 0 Å². The molecule has 0 unspecified atom stereocenters. The van der Waals surface area contributed by atoms with Gasteiger partial charge in [0.1, 0.15) is 0 Å². The minimum Gasteiger partial charge on any atom is -0.476 e. The highest BCUT2D eigenvalue weighted by atomic mass is 32.1. The fourth-order valence-electron chi connectivity index (χ4n) is 0.717. The second-order valence-electron chi connectivity index (χ2n) is 2.34. The van der Waals surface area contributed by atoms with E-state index in [1.807, 2.05) is 0 Å². The molecule has 0 fully saturated rings. The van der Waals surface area contributed by atoms with Gasteiger partial charge < -0.3 is 10.4 Å². The smallest absolute Gasteiger partial charge is 0.355 e. The van der Waals surface area contributed by atoms with E-state index in [0.29, 0.717) is 6.54 Å². The number of hydrogen-bond donors (Lipinski definition) is 2. The lowest BCUT2D eigenvalue weighted by atomic mass is 10.5. The van der Waals surface area contributed by atoms with E-state index < -0.39 is 5.97 Å². The van der Waals surface area contributed by atoms with Crippen molar-refractivity contribution >= 4 is 23.2 Å². The predicted molar refractivity (Wildman–Crippen MR) is 51.6 cm³/mol. The third-order valence-electron chi connectivity index (χ3n) is 1.32. The summed E-state index contributed by atoms with van der Waals surface area (Å²) in [5, 5.41) is 12.5. The first-order valence-corrected chi connectivity index (χ1v) is 4.61. The summed E-state index contributed by atoms with van der Waals surface area (Å²) in [6.07, 6.45) is 1.53. The van der Waals surface area contributed by atoms with Crippen molar-refractivity contribution in [3.8, 4) is 0 Å². The van der Waals surface area contributed by atoms with Crippen molar-refractivity contribution < 1.29 is 14.7 Å². The highest BCUT2D eigenvalue weighted by Gasteiger charge is 2.13. The molecule has 0 bridgehead atoms. The molecule has 74 valence electrons. The molecule has 1 aromatic heterocycles. The molecule has 0 aliphatic heterocycles. The van der Waals surface area contributed by atoms with Crippen molar-refractivity contribution in [2.75, 3.05) is 6.54 Å². The number of nitrogens with one attached hydrogen (secondary N) is 1. The van der Waals surface area contributed by atoms with Crippen LogP contribution in [0.1, 0.15) is 20.3 Å². The number of aromatic nitrogens is 1. The second-order valence-corrected chi connectivity index (χ2v) is 3.20. The second kappa shape index (κ2) is 4.52. The zero-order chi connectivity index (χ0) is 10.6. The molecule has 14 heavy (non-hydrogen) atoms. The third-order valence-corrected chi connectivity index (χ3v) is 2.17. The minimum absolute atomic E-state index is 0.112. The molecule has 0 aliphatic carbocycles. The van der Waals surface area contributed by atoms with Crippen LogP contribution in [0.15, 0.2) is 18.0 Å². The molecular weight excluding hydrogens is 204 g/mol. The molecule has 0 atom stereocenters. The van der Waals surface area contributed by atoms with Crippen molar-refractivity contribution in [1.82, 2.24) is 10.3 Å². The fourth-order valence-corrected chi connectivity index (χ4v) is 1.42. The number of nitrogens with zero attached hydrogens (tertiary/aromatic N) is 1. The highest BCUT2D eigenvalue weighted by molar-refractivity contribution is 7.11. The predicted octanol–water partition coefficient (Wildman–Crippen LogP) is 0.757. The van der Waals surface area contributed by atoms with Crippen LogP contribution in [-0.2, 0) is 0 Å². The molecule has 2 N–H and O–H groups in total. The Morgan fingerprint density at radius 1 is 1.71 bits per heavy atom. The van der Waals surface area contributed by atoms with Crippen LogP contribution in [0.25, 0.3) is 0 Å². The van der Waals surface area contributed by atoms with Gasteiger partial charge in [-0.25, -0.2) is 9.78 Å². The van der Waals surface area contributed by atoms with Gasteiger partial charge in [0.25, 0.3) is 5.91 Å². The Kier molecular flexibility index (Phi) is 3.35. The van der Waals surface area contributed by atoms with E-state index in [1.54, 1.807) is 0 Å². The molecule has 1 heterocycles. The van der Waals surface area contributed by atoms with Crippen molar-refractivity contribution in [2.45, 2.75) is 0 Å². The maximum atomic E-state index is 11.2. The number of aromatic carboxylic acids is 1. The molecule has 0 radical (unpaired) electrons. The largest absolute Gasteiger partial charge is 0.476 e. The number of amides is 1. The quantitative estimate of drug-likeness (QED) is 0.722. The zero-order valence-corrected chi connectivity index (χ0v) is 8.00. The van der Waals surface area contributed by atoms with Gasteiger partial charge in [0.15, 0.2) is 10.7 Å². The molecule has 0 saturated heterocycles.